The molecule has 1 saturated carbocycles. The Morgan fingerprint density at radius 1 is 0.938 bits per heavy atom. The van der Waals surface area contributed by atoms with E-state index >= 15 is 0 Å². The van der Waals surface area contributed by atoms with Gasteiger partial charge in [-0.3, -0.25) is 9.59 Å². The van der Waals surface area contributed by atoms with Gasteiger partial charge in [-0.1, -0.05) is 12.1 Å². The molecule has 1 heterocycles. The van der Waals surface area contributed by atoms with Crippen molar-refractivity contribution in [3.8, 4) is 5.69 Å². The van der Waals surface area contributed by atoms with Crippen LogP contribution in [0.5, 0.6) is 0 Å². The van der Waals surface area contributed by atoms with Crippen molar-refractivity contribution in [2.45, 2.75) is 32.7 Å². The Bertz CT molecular complexity index is 1140. The number of hydrogen-bond acceptors (Lipinski definition) is 4. The topological polar surface area (TPSA) is 89.4 Å². The smallest absolute Gasteiger partial charge is 0.338 e. The molecule has 0 bridgehead atoms. The number of aryl methyl sites for hydroxylation is 2. The number of nitrogens with zero attached hydrogens (tertiary/aromatic N) is 1. The number of para-hydroxylation sites is 1. The van der Waals surface area contributed by atoms with Crippen LogP contribution in [0, 0.1) is 13.8 Å². The van der Waals surface area contributed by atoms with Crippen LogP contribution in [0.3, 0.4) is 0 Å². The van der Waals surface area contributed by atoms with E-state index in [1.807, 2.05) is 38.1 Å². The van der Waals surface area contributed by atoms with E-state index in [0.717, 1.165) is 29.9 Å². The van der Waals surface area contributed by atoms with Gasteiger partial charge in [0, 0.05) is 23.1 Å². The van der Waals surface area contributed by atoms with E-state index in [1.165, 1.54) is 0 Å². The van der Waals surface area contributed by atoms with E-state index in [4.69, 9.17) is 4.74 Å². The van der Waals surface area contributed by atoms with Crippen LogP contribution in [-0.4, -0.2) is 35.0 Å². The highest BCUT2D eigenvalue weighted by Gasteiger charge is 2.25. The van der Waals surface area contributed by atoms with Gasteiger partial charge in [-0.05, 0) is 75.2 Å². The normalized spacial score (nSPS) is 12.8. The van der Waals surface area contributed by atoms with Crippen LogP contribution in [0.4, 0.5) is 5.69 Å². The Labute approximate surface area is 186 Å². The molecule has 1 fully saturated rings. The fourth-order valence-corrected chi connectivity index (χ4v) is 3.50. The maximum atomic E-state index is 12.4. The first-order valence-corrected chi connectivity index (χ1v) is 10.5. The highest BCUT2D eigenvalue weighted by atomic mass is 16.5. The van der Waals surface area contributed by atoms with Gasteiger partial charge in [-0.25, -0.2) is 4.79 Å². The summed E-state index contributed by atoms with van der Waals surface area (Å²) >= 11 is 0. The van der Waals surface area contributed by atoms with Gasteiger partial charge < -0.3 is 19.9 Å². The molecule has 1 aliphatic carbocycles. The lowest BCUT2D eigenvalue weighted by molar-refractivity contribution is -0.119. The summed E-state index contributed by atoms with van der Waals surface area (Å²) < 4.78 is 7.24. The monoisotopic (exact) mass is 431 g/mol. The van der Waals surface area contributed by atoms with Crippen molar-refractivity contribution in [2.75, 3.05) is 11.9 Å². The van der Waals surface area contributed by atoms with Crippen molar-refractivity contribution >= 4 is 23.5 Å². The number of carbonyl (C=O) groups excluding carboxylic acids is 3. The number of aromatic nitrogens is 1. The molecule has 0 saturated heterocycles. The van der Waals surface area contributed by atoms with Gasteiger partial charge in [0.25, 0.3) is 11.8 Å². The molecule has 0 spiro atoms. The van der Waals surface area contributed by atoms with Gasteiger partial charge in [0.05, 0.1) is 16.8 Å². The predicted molar refractivity (Wildman–Crippen MR) is 121 cm³/mol. The van der Waals surface area contributed by atoms with E-state index < -0.39 is 18.5 Å². The van der Waals surface area contributed by atoms with E-state index in [0.29, 0.717) is 16.8 Å². The number of benzene rings is 2. The lowest BCUT2D eigenvalue weighted by Gasteiger charge is -2.12. The Morgan fingerprint density at radius 3 is 2.25 bits per heavy atom. The summed E-state index contributed by atoms with van der Waals surface area (Å²) in [6.07, 6.45) is 1.95. The standard InChI is InChI=1S/C25H25N3O4/c1-16-7-8-17(2)28(16)20-13-9-18(10-14-20)25(31)32-15-23(29)27-22-6-4-3-5-21(22)24(30)26-19-11-12-19/h3-10,13-14,19H,11-12,15H2,1-2H3,(H,26,30)(H,27,29). The van der Waals surface area contributed by atoms with Crippen LogP contribution in [0.15, 0.2) is 60.7 Å². The molecule has 32 heavy (non-hydrogen) atoms. The van der Waals surface area contributed by atoms with Crippen LogP contribution < -0.4 is 10.6 Å². The minimum atomic E-state index is -0.590. The third-order valence-electron chi connectivity index (χ3n) is 5.33. The van der Waals surface area contributed by atoms with Crippen molar-refractivity contribution in [3.05, 3.63) is 83.2 Å². The van der Waals surface area contributed by atoms with Gasteiger partial charge in [-0.15, -0.1) is 0 Å². The first-order chi connectivity index (χ1) is 15.4. The van der Waals surface area contributed by atoms with Crippen LogP contribution >= 0.6 is 0 Å². The average Bonchev–Trinajstić information content (AvgIpc) is 3.54. The van der Waals surface area contributed by atoms with E-state index in [2.05, 4.69) is 15.2 Å². The molecule has 2 amide bonds. The number of amides is 2. The molecule has 0 atom stereocenters. The second kappa shape index (κ2) is 9.09. The van der Waals surface area contributed by atoms with Crippen molar-refractivity contribution in [2.24, 2.45) is 0 Å². The second-order valence-corrected chi connectivity index (χ2v) is 7.92. The average molecular weight is 431 g/mol. The SMILES string of the molecule is Cc1ccc(C)n1-c1ccc(C(=O)OCC(=O)Nc2ccccc2C(=O)NC2CC2)cc1. The Morgan fingerprint density at radius 2 is 1.59 bits per heavy atom. The zero-order valence-electron chi connectivity index (χ0n) is 18.1. The molecule has 164 valence electrons. The number of rotatable bonds is 7. The van der Waals surface area contributed by atoms with Crippen molar-refractivity contribution in [1.82, 2.24) is 9.88 Å². The lowest BCUT2D eigenvalue weighted by atomic mass is 10.1. The van der Waals surface area contributed by atoms with Gasteiger partial charge in [0.1, 0.15) is 0 Å². The number of esters is 1. The molecule has 3 aromatic rings. The summed E-state index contributed by atoms with van der Waals surface area (Å²) in [5.74, 6) is -1.33. The molecular weight excluding hydrogens is 406 g/mol. The largest absolute Gasteiger partial charge is 0.452 e. The molecule has 2 N–H and O–H groups in total. The maximum Gasteiger partial charge on any atom is 0.338 e. The molecule has 7 nitrogen and oxygen atoms in total. The zero-order valence-corrected chi connectivity index (χ0v) is 18.1. The summed E-state index contributed by atoms with van der Waals surface area (Å²) in [5.41, 5.74) is 4.26. The first kappa shape index (κ1) is 21.4. The zero-order chi connectivity index (χ0) is 22.7. The van der Waals surface area contributed by atoms with Crippen LogP contribution in [-0.2, 0) is 9.53 Å². The molecule has 7 heteroatoms. The number of nitrogens with one attached hydrogen (secondary N) is 2. The minimum Gasteiger partial charge on any atom is -0.452 e. The van der Waals surface area contributed by atoms with Gasteiger partial charge in [-0.2, -0.15) is 0 Å². The summed E-state index contributed by atoms with van der Waals surface area (Å²) in [6.45, 7) is 3.58. The fourth-order valence-electron chi connectivity index (χ4n) is 3.50. The number of hydrogen-bond donors (Lipinski definition) is 2. The molecule has 1 aromatic heterocycles. The van der Waals surface area contributed by atoms with Gasteiger partial charge in [0.2, 0.25) is 0 Å². The number of ether oxygens (including phenoxy) is 1. The second-order valence-electron chi connectivity index (χ2n) is 7.92. The van der Waals surface area contributed by atoms with Crippen LogP contribution in [0.1, 0.15) is 44.9 Å². The Hall–Kier alpha value is -3.87. The maximum absolute atomic E-state index is 12.4. The minimum absolute atomic E-state index is 0.212. The predicted octanol–water partition coefficient (Wildman–Crippen LogP) is 3.78. The molecule has 4 rings (SSSR count). The molecule has 1 aliphatic rings. The number of anilines is 1. The van der Waals surface area contributed by atoms with E-state index in [9.17, 15) is 14.4 Å². The van der Waals surface area contributed by atoms with Crippen LogP contribution in [0.25, 0.3) is 5.69 Å². The Kier molecular flexibility index (Phi) is 6.07. The molecule has 0 aliphatic heterocycles. The Balaban J connectivity index is 1.34. The van der Waals surface area contributed by atoms with Gasteiger partial charge in [0.15, 0.2) is 6.61 Å². The molecule has 2 aromatic carbocycles. The molecule has 0 unspecified atom stereocenters. The fraction of sp³-hybridized carbons (Fsp3) is 0.240. The third-order valence-corrected chi connectivity index (χ3v) is 5.33. The van der Waals surface area contributed by atoms with Crippen molar-refractivity contribution in [3.63, 3.8) is 0 Å². The number of carbonyl (C=O) groups is 3. The van der Waals surface area contributed by atoms with E-state index in [1.54, 1.807) is 36.4 Å². The molecular formula is C25H25N3O4. The quantitative estimate of drug-likeness (QED) is 0.557. The van der Waals surface area contributed by atoms with Crippen molar-refractivity contribution < 1.29 is 19.1 Å². The summed E-state index contributed by atoms with van der Waals surface area (Å²) in [5, 5.41) is 5.55. The highest BCUT2D eigenvalue weighted by molar-refractivity contribution is 6.04. The first-order valence-electron chi connectivity index (χ1n) is 10.5. The van der Waals surface area contributed by atoms with E-state index in [-0.39, 0.29) is 11.9 Å². The summed E-state index contributed by atoms with van der Waals surface area (Å²) in [4.78, 5) is 37.0. The van der Waals surface area contributed by atoms with Gasteiger partial charge >= 0.3 is 5.97 Å². The summed E-state index contributed by atoms with van der Waals surface area (Å²) in [7, 11) is 0. The van der Waals surface area contributed by atoms with Crippen LogP contribution in [0.2, 0.25) is 0 Å². The third kappa shape index (κ3) is 4.88. The summed E-state index contributed by atoms with van der Waals surface area (Å²) in [6, 6.07) is 18.1. The van der Waals surface area contributed by atoms with Crippen molar-refractivity contribution in [1.29, 1.82) is 0 Å². The lowest BCUT2D eigenvalue weighted by Crippen LogP contribution is -2.28. The highest BCUT2D eigenvalue weighted by Crippen LogP contribution is 2.22. The molecule has 0 radical (unpaired) electrons.